The summed E-state index contributed by atoms with van der Waals surface area (Å²) in [6, 6.07) is 0. The molecule has 9 heavy (non-hydrogen) atoms. The summed E-state index contributed by atoms with van der Waals surface area (Å²) in [5, 5.41) is 13.9. The molecule has 0 heterocycles. The molecular weight excluding hydrogens is 183 g/mol. The van der Waals surface area contributed by atoms with Crippen LogP contribution >= 0.6 is 12.4 Å². The number of rotatable bonds is 0. The molecule has 0 aliphatic carbocycles. The van der Waals surface area contributed by atoms with Gasteiger partial charge in [0.2, 0.25) is 0 Å². The Morgan fingerprint density at radius 3 is 1.00 bits per heavy atom. The van der Waals surface area contributed by atoms with Gasteiger partial charge in [-0.15, -0.1) is 12.4 Å². The molecule has 0 fully saturated rings. The molecule has 46 valence electrons. The molecule has 0 bridgehead atoms. The molecule has 8 heteroatoms. The van der Waals surface area contributed by atoms with Crippen molar-refractivity contribution in [1.82, 2.24) is 0 Å². The fraction of sp³-hybridized carbons (Fsp3) is 0. The van der Waals surface area contributed by atoms with Crippen molar-refractivity contribution < 1.29 is 19.7 Å². The van der Waals surface area contributed by atoms with Crippen LogP contribution in [0.5, 0.6) is 0 Å². The number of halogens is 2. The van der Waals surface area contributed by atoms with Crippen molar-refractivity contribution in [1.29, 1.82) is 0 Å². The summed E-state index contributed by atoms with van der Waals surface area (Å²) in [5.74, 6) is 0. The van der Waals surface area contributed by atoms with Gasteiger partial charge < -0.3 is 10.2 Å². The van der Waals surface area contributed by atoms with Crippen LogP contribution in [0.4, 0.5) is 9.50 Å². The van der Waals surface area contributed by atoms with E-state index >= 15 is 0 Å². The maximum absolute atomic E-state index is 8.56. The second kappa shape index (κ2) is 31.3. The molecule has 0 aliphatic heterocycles. The van der Waals surface area contributed by atoms with Gasteiger partial charge >= 0.3 is 94.8 Å². The van der Waals surface area contributed by atoms with Crippen LogP contribution in [0.15, 0.2) is 0 Å². The van der Waals surface area contributed by atoms with Crippen LogP contribution in [0.3, 0.4) is 0 Å². The molecular formula is CH7ClFNa3O3. The van der Waals surface area contributed by atoms with E-state index in [0.717, 1.165) is 0 Å². The maximum atomic E-state index is 8.56. The zero-order valence-corrected chi connectivity index (χ0v) is 3.44. The van der Waals surface area contributed by atoms with E-state index in [1.54, 1.807) is 0 Å². The number of hydrogen-bond donors (Lipinski definition) is 2. The van der Waals surface area contributed by atoms with Gasteiger partial charge in [0.1, 0.15) is 0 Å². The van der Waals surface area contributed by atoms with Crippen molar-refractivity contribution in [2.75, 3.05) is 0 Å². The standard InChI is InChI=1S/CH2O3.ClH.FH.3Na.3H/c2-1(3)4;;;;;;;;/h(H2,2,3,4);2*1H;;;;;;. The van der Waals surface area contributed by atoms with Gasteiger partial charge in [0.15, 0.2) is 0 Å². The van der Waals surface area contributed by atoms with Gasteiger partial charge in [-0.05, 0) is 0 Å². The number of carboxylic acid groups (broad SMARTS) is 2. The molecule has 0 atom stereocenters. The summed E-state index contributed by atoms with van der Waals surface area (Å²) in [7, 11) is 0. The average Bonchev–Trinajstić information content (AvgIpc) is 0.811. The van der Waals surface area contributed by atoms with Crippen molar-refractivity contribution >= 4 is 107 Å². The Morgan fingerprint density at radius 2 is 1.00 bits per heavy atom. The summed E-state index contributed by atoms with van der Waals surface area (Å²) in [6.45, 7) is 0. The molecule has 0 amide bonds. The summed E-state index contributed by atoms with van der Waals surface area (Å²) in [6.07, 6.45) is -1.83. The van der Waals surface area contributed by atoms with Gasteiger partial charge in [0.25, 0.3) is 0 Å². The Balaban J connectivity index is -0.00000000450. The zero-order valence-electron chi connectivity index (χ0n) is 2.62. The molecule has 0 aromatic carbocycles. The first-order valence-electron chi connectivity index (χ1n) is 0.651. The zero-order chi connectivity index (χ0) is 3.58. The van der Waals surface area contributed by atoms with E-state index in [0.29, 0.717) is 0 Å². The fourth-order valence-electron chi connectivity index (χ4n) is 0. The van der Waals surface area contributed by atoms with Gasteiger partial charge in [0, 0.05) is 0 Å². The molecule has 2 N–H and O–H groups in total. The van der Waals surface area contributed by atoms with Crippen LogP contribution in [0.2, 0.25) is 0 Å². The van der Waals surface area contributed by atoms with E-state index in [1.807, 2.05) is 0 Å². The monoisotopic (exact) mass is 190 g/mol. The quantitative estimate of drug-likeness (QED) is 0.475. The van der Waals surface area contributed by atoms with E-state index in [-0.39, 0.29) is 106 Å². The van der Waals surface area contributed by atoms with Gasteiger partial charge in [-0.2, -0.15) is 0 Å². The molecule has 0 saturated carbocycles. The van der Waals surface area contributed by atoms with Gasteiger partial charge in [-0.3, -0.25) is 4.70 Å². The molecule has 0 unspecified atom stereocenters. The van der Waals surface area contributed by atoms with Gasteiger partial charge in [-0.25, -0.2) is 4.79 Å². The van der Waals surface area contributed by atoms with Crippen LogP contribution in [0.25, 0.3) is 0 Å². The Hall–Kier alpha value is 2.49. The summed E-state index contributed by atoms with van der Waals surface area (Å²) < 4.78 is 0. The van der Waals surface area contributed by atoms with Crippen molar-refractivity contribution in [2.45, 2.75) is 0 Å². The van der Waals surface area contributed by atoms with Crippen molar-refractivity contribution in [3.63, 3.8) is 0 Å². The third kappa shape index (κ3) is 122. The summed E-state index contributed by atoms with van der Waals surface area (Å²) in [4.78, 5) is 8.56. The topological polar surface area (TPSA) is 57.5 Å². The van der Waals surface area contributed by atoms with E-state index in [9.17, 15) is 0 Å². The second-order valence-corrected chi connectivity index (χ2v) is 0.283. The molecule has 3 nitrogen and oxygen atoms in total. The number of carbonyl (C=O) groups is 1. The molecule has 0 radical (unpaired) electrons. The summed E-state index contributed by atoms with van der Waals surface area (Å²) >= 11 is 0. The SMILES string of the molecule is Cl.F.O=C(O)O.[NaH].[NaH].[NaH]. The number of hydrogen-bond acceptors (Lipinski definition) is 1. The first-order valence-corrected chi connectivity index (χ1v) is 0.651. The van der Waals surface area contributed by atoms with Crippen LogP contribution in [-0.2, 0) is 0 Å². The Labute approximate surface area is 125 Å². The first-order chi connectivity index (χ1) is 1.73. The molecule has 0 rings (SSSR count). The Morgan fingerprint density at radius 1 is 1.00 bits per heavy atom. The van der Waals surface area contributed by atoms with Gasteiger partial charge in [-0.1, -0.05) is 0 Å². The molecule has 0 saturated heterocycles. The molecule has 0 aromatic heterocycles. The Bertz CT molecular complexity index is 42.0. The first kappa shape index (κ1) is 41.9. The third-order valence-electron chi connectivity index (χ3n) is 0. The van der Waals surface area contributed by atoms with Crippen LogP contribution < -0.4 is 0 Å². The van der Waals surface area contributed by atoms with Gasteiger partial charge in [0.05, 0.1) is 0 Å². The van der Waals surface area contributed by atoms with Crippen molar-refractivity contribution in [3.8, 4) is 0 Å². The molecule has 0 aromatic rings. The van der Waals surface area contributed by atoms with Crippen LogP contribution in [0.1, 0.15) is 0 Å². The second-order valence-electron chi connectivity index (χ2n) is 0.283. The van der Waals surface area contributed by atoms with E-state index in [2.05, 4.69) is 0 Å². The normalized spacial score (nSPS) is 2.67. The minimum atomic E-state index is -1.83. The predicted molar refractivity (Wildman–Crippen MR) is 41.9 cm³/mol. The third-order valence-corrected chi connectivity index (χ3v) is 0. The minimum absolute atomic E-state index is 0. The van der Waals surface area contributed by atoms with E-state index in [4.69, 9.17) is 15.0 Å². The van der Waals surface area contributed by atoms with Crippen molar-refractivity contribution in [2.24, 2.45) is 0 Å². The average molecular weight is 190 g/mol. The Kier molecular flexibility index (Phi) is 146. The molecule has 0 spiro atoms. The molecule has 0 aliphatic rings. The van der Waals surface area contributed by atoms with Crippen LogP contribution in [-0.4, -0.2) is 105 Å². The predicted octanol–water partition coefficient (Wildman–Crippen LogP) is -1.15. The van der Waals surface area contributed by atoms with Crippen LogP contribution in [0, 0.1) is 0 Å². The van der Waals surface area contributed by atoms with Crippen molar-refractivity contribution in [3.05, 3.63) is 0 Å². The fourth-order valence-corrected chi connectivity index (χ4v) is 0. The van der Waals surface area contributed by atoms with E-state index in [1.165, 1.54) is 0 Å². The van der Waals surface area contributed by atoms with E-state index < -0.39 is 6.16 Å². The summed E-state index contributed by atoms with van der Waals surface area (Å²) in [5.41, 5.74) is 0.